The van der Waals surface area contributed by atoms with Gasteiger partial charge in [0, 0.05) is 45.6 Å². The van der Waals surface area contributed by atoms with Crippen LogP contribution in [0.15, 0.2) is 42.6 Å². The van der Waals surface area contributed by atoms with Crippen molar-refractivity contribution in [1.29, 1.82) is 0 Å². The van der Waals surface area contributed by atoms with Gasteiger partial charge in [-0.3, -0.25) is 4.79 Å². The van der Waals surface area contributed by atoms with Gasteiger partial charge in [-0.1, -0.05) is 38.1 Å². The maximum atomic E-state index is 13.4. The first-order valence-electron chi connectivity index (χ1n) is 10.3. The van der Waals surface area contributed by atoms with Crippen molar-refractivity contribution in [1.82, 2.24) is 19.3 Å². The average Bonchev–Trinajstić information content (AvgIpc) is 3.15. The Kier molecular flexibility index (Phi) is 6.30. The molecule has 0 aliphatic carbocycles. The molecule has 0 fully saturated rings. The average molecular weight is 397 g/mol. The summed E-state index contributed by atoms with van der Waals surface area (Å²) in [6.45, 7) is 8.25. The minimum atomic E-state index is -0.136. The summed E-state index contributed by atoms with van der Waals surface area (Å²) >= 11 is 0. The first kappa shape index (κ1) is 21.0. The highest BCUT2D eigenvalue weighted by Crippen LogP contribution is 2.34. The number of amides is 3. The van der Waals surface area contributed by atoms with Gasteiger partial charge in [-0.25, -0.2) is 4.79 Å². The number of rotatable bonds is 5. The monoisotopic (exact) mass is 396 g/mol. The summed E-state index contributed by atoms with van der Waals surface area (Å²) in [5.41, 5.74) is 3.41. The molecule has 0 saturated carbocycles. The molecule has 0 bridgehead atoms. The van der Waals surface area contributed by atoms with Crippen LogP contribution in [0.25, 0.3) is 0 Å². The van der Waals surface area contributed by atoms with E-state index in [9.17, 15) is 9.59 Å². The van der Waals surface area contributed by atoms with Crippen molar-refractivity contribution in [2.24, 2.45) is 5.92 Å². The molecule has 0 spiro atoms. The van der Waals surface area contributed by atoms with Gasteiger partial charge in [-0.2, -0.15) is 0 Å². The van der Waals surface area contributed by atoms with Crippen molar-refractivity contribution in [3.05, 3.63) is 59.4 Å². The van der Waals surface area contributed by atoms with Crippen molar-refractivity contribution in [3.8, 4) is 0 Å². The van der Waals surface area contributed by atoms with Crippen molar-refractivity contribution >= 4 is 11.9 Å². The van der Waals surface area contributed by atoms with Gasteiger partial charge in [-0.05, 0) is 36.1 Å². The molecule has 1 aliphatic rings. The number of carbonyl (C=O) groups is 2. The highest BCUT2D eigenvalue weighted by atomic mass is 16.2. The minimum Gasteiger partial charge on any atom is -0.348 e. The van der Waals surface area contributed by atoms with Crippen LogP contribution in [0, 0.1) is 12.8 Å². The number of aromatic nitrogens is 1. The highest BCUT2D eigenvalue weighted by molar-refractivity contribution is 5.84. The lowest BCUT2D eigenvalue weighted by Crippen LogP contribution is -2.50. The Bertz CT molecular complexity index is 871. The number of hydrogen-bond acceptors (Lipinski definition) is 2. The molecule has 1 aromatic heterocycles. The van der Waals surface area contributed by atoms with Crippen LogP contribution < -0.4 is 0 Å². The fourth-order valence-electron chi connectivity index (χ4n) is 4.06. The maximum absolute atomic E-state index is 13.4. The normalized spacial score (nSPS) is 15.9. The zero-order valence-corrected chi connectivity index (χ0v) is 18.1. The molecule has 0 unspecified atom stereocenters. The van der Waals surface area contributed by atoms with Crippen LogP contribution in [-0.2, 0) is 11.3 Å². The van der Waals surface area contributed by atoms with E-state index < -0.39 is 0 Å². The van der Waals surface area contributed by atoms with Crippen molar-refractivity contribution in [2.75, 3.05) is 33.7 Å². The van der Waals surface area contributed by atoms with Gasteiger partial charge >= 0.3 is 6.03 Å². The lowest BCUT2D eigenvalue weighted by atomic mass is 9.95. The van der Waals surface area contributed by atoms with Crippen LogP contribution in [0.2, 0.25) is 0 Å². The Morgan fingerprint density at radius 2 is 1.83 bits per heavy atom. The molecule has 3 amide bonds. The second-order valence-electron chi connectivity index (χ2n) is 8.42. The zero-order valence-electron chi connectivity index (χ0n) is 18.1. The number of fused-ring (bicyclic) bond motifs is 1. The molecule has 2 aromatic rings. The fourth-order valence-corrected chi connectivity index (χ4v) is 4.06. The summed E-state index contributed by atoms with van der Waals surface area (Å²) in [5.74, 6) is 0.277. The van der Waals surface area contributed by atoms with Crippen LogP contribution in [0.1, 0.15) is 36.7 Å². The Balaban J connectivity index is 1.92. The van der Waals surface area contributed by atoms with E-state index in [0.29, 0.717) is 13.1 Å². The molecule has 6 heteroatoms. The molecule has 6 nitrogen and oxygen atoms in total. The topological polar surface area (TPSA) is 48.8 Å². The standard InChI is InChI=1S/C23H32N4O2/c1-17(2)15-26(23(29)24(4)5)16-21(28)27-14-13-25-12-8-11-20(25)22(27)19-10-7-6-9-18(19)3/h6-12,17,22H,13-16H2,1-5H3/t22-/m1/s1. The molecule has 1 aliphatic heterocycles. The van der Waals surface area contributed by atoms with E-state index in [-0.39, 0.29) is 30.4 Å². The molecule has 0 saturated heterocycles. The van der Waals surface area contributed by atoms with Crippen molar-refractivity contribution < 1.29 is 9.59 Å². The fraction of sp³-hybridized carbons (Fsp3) is 0.478. The van der Waals surface area contributed by atoms with E-state index in [0.717, 1.165) is 23.4 Å². The first-order chi connectivity index (χ1) is 13.8. The van der Waals surface area contributed by atoms with Gasteiger partial charge in [0.05, 0.1) is 6.04 Å². The van der Waals surface area contributed by atoms with Gasteiger partial charge in [-0.15, -0.1) is 0 Å². The smallest absolute Gasteiger partial charge is 0.319 e. The third kappa shape index (κ3) is 4.47. The first-order valence-corrected chi connectivity index (χ1v) is 10.3. The van der Waals surface area contributed by atoms with Gasteiger partial charge in [0.1, 0.15) is 6.54 Å². The Hall–Kier alpha value is -2.76. The highest BCUT2D eigenvalue weighted by Gasteiger charge is 2.34. The lowest BCUT2D eigenvalue weighted by molar-refractivity contribution is -0.134. The third-order valence-corrected chi connectivity index (χ3v) is 5.41. The zero-order chi connectivity index (χ0) is 21.1. The Morgan fingerprint density at radius 1 is 1.10 bits per heavy atom. The molecular weight excluding hydrogens is 364 g/mol. The minimum absolute atomic E-state index is 0.0125. The predicted octanol–water partition coefficient (Wildman–Crippen LogP) is 3.37. The SMILES string of the molecule is Cc1ccccc1[C@@H]1c2cccn2CCN1C(=O)CN(CC(C)C)C(=O)N(C)C. The number of hydrogen-bond donors (Lipinski definition) is 0. The summed E-state index contributed by atoms with van der Waals surface area (Å²) in [5, 5.41) is 0. The molecular formula is C23H32N4O2. The van der Waals surface area contributed by atoms with Crippen LogP contribution in [0.4, 0.5) is 4.79 Å². The van der Waals surface area contributed by atoms with Crippen molar-refractivity contribution in [2.45, 2.75) is 33.4 Å². The maximum Gasteiger partial charge on any atom is 0.319 e. The molecule has 0 N–H and O–H groups in total. The van der Waals surface area contributed by atoms with E-state index >= 15 is 0 Å². The largest absolute Gasteiger partial charge is 0.348 e. The van der Waals surface area contributed by atoms with Crippen LogP contribution in [0.3, 0.4) is 0 Å². The summed E-state index contributed by atoms with van der Waals surface area (Å²) in [4.78, 5) is 31.2. The van der Waals surface area contributed by atoms with Crippen LogP contribution >= 0.6 is 0 Å². The number of nitrogens with zero attached hydrogens (tertiary/aromatic N) is 4. The molecule has 1 aromatic carbocycles. The quantitative estimate of drug-likeness (QED) is 0.778. The van der Waals surface area contributed by atoms with Gasteiger partial charge in [0.25, 0.3) is 0 Å². The van der Waals surface area contributed by atoms with Crippen molar-refractivity contribution in [3.63, 3.8) is 0 Å². The Labute approximate surface area is 173 Å². The van der Waals surface area contributed by atoms with Gasteiger partial charge in [0.2, 0.25) is 5.91 Å². The number of urea groups is 1. The molecule has 29 heavy (non-hydrogen) atoms. The molecule has 0 radical (unpaired) electrons. The number of carbonyl (C=O) groups excluding carboxylic acids is 2. The van der Waals surface area contributed by atoms with Gasteiger partial charge in [0.15, 0.2) is 0 Å². The second-order valence-corrected chi connectivity index (χ2v) is 8.42. The van der Waals surface area contributed by atoms with E-state index in [1.54, 1.807) is 19.0 Å². The number of benzene rings is 1. The number of aryl methyl sites for hydroxylation is 1. The van der Waals surface area contributed by atoms with E-state index in [2.05, 4.69) is 49.7 Å². The van der Waals surface area contributed by atoms with Crippen LogP contribution in [-0.4, -0.2) is 64.9 Å². The summed E-state index contributed by atoms with van der Waals surface area (Å²) < 4.78 is 2.22. The lowest BCUT2D eigenvalue weighted by Gasteiger charge is -2.39. The second kappa shape index (κ2) is 8.72. The van der Waals surface area contributed by atoms with E-state index in [1.807, 2.05) is 23.1 Å². The third-order valence-electron chi connectivity index (χ3n) is 5.41. The molecule has 2 heterocycles. The van der Waals surface area contributed by atoms with E-state index in [1.165, 1.54) is 4.90 Å². The molecule has 156 valence electrons. The summed E-state index contributed by atoms with van der Waals surface area (Å²) in [6, 6.07) is 12.1. The predicted molar refractivity (Wildman–Crippen MR) is 115 cm³/mol. The van der Waals surface area contributed by atoms with Gasteiger partial charge < -0.3 is 19.3 Å². The Morgan fingerprint density at radius 3 is 2.48 bits per heavy atom. The molecule has 3 rings (SSSR count). The summed E-state index contributed by atoms with van der Waals surface area (Å²) in [7, 11) is 3.45. The summed E-state index contributed by atoms with van der Waals surface area (Å²) in [6.07, 6.45) is 2.07. The van der Waals surface area contributed by atoms with E-state index in [4.69, 9.17) is 0 Å². The van der Waals surface area contributed by atoms with Crippen LogP contribution in [0.5, 0.6) is 0 Å². The molecule has 1 atom stereocenters.